The summed E-state index contributed by atoms with van der Waals surface area (Å²) in [6.07, 6.45) is 0.688. The Balaban J connectivity index is 4.53. The summed E-state index contributed by atoms with van der Waals surface area (Å²) in [4.78, 5) is 24.8. The van der Waals surface area contributed by atoms with Gasteiger partial charge in [-0.3, -0.25) is 0 Å². The van der Waals surface area contributed by atoms with Crippen LogP contribution in [-0.4, -0.2) is 68.6 Å². The quantitative estimate of drug-likeness (QED) is 0.581. The lowest BCUT2D eigenvalue weighted by molar-refractivity contribution is -0.140. The number of aliphatic carboxylic acids is 1. The van der Waals surface area contributed by atoms with Crippen molar-refractivity contribution in [1.82, 2.24) is 10.2 Å². The first-order valence-electron chi connectivity index (χ1n) is 6.70. The van der Waals surface area contributed by atoms with E-state index >= 15 is 0 Å². The molecule has 0 radical (unpaired) electrons. The lowest BCUT2D eigenvalue weighted by Gasteiger charge is -2.26. The average Bonchev–Trinajstić information content (AvgIpc) is 2.38. The lowest BCUT2D eigenvalue weighted by atomic mass is 10.1. The number of urea groups is 1. The van der Waals surface area contributed by atoms with Gasteiger partial charge in [0.25, 0.3) is 0 Å². The van der Waals surface area contributed by atoms with Crippen LogP contribution in [0.15, 0.2) is 0 Å². The minimum absolute atomic E-state index is 0.181. The third kappa shape index (κ3) is 7.30. The van der Waals surface area contributed by atoms with E-state index in [2.05, 4.69) is 5.32 Å². The smallest absolute Gasteiger partial charge is 0.326 e. The number of carbonyl (C=O) groups excluding carboxylic acids is 1. The highest BCUT2D eigenvalue weighted by Crippen LogP contribution is 2.03. The monoisotopic (exact) mass is 290 g/mol. The predicted octanol–water partition coefficient (Wildman–Crippen LogP) is 0.790. The van der Waals surface area contributed by atoms with Crippen molar-refractivity contribution in [1.29, 1.82) is 0 Å². The van der Waals surface area contributed by atoms with Crippen LogP contribution in [0.3, 0.4) is 0 Å². The van der Waals surface area contributed by atoms with E-state index in [4.69, 9.17) is 14.6 Å². The molecule has 0 aromatic heterocycles. The summed E-state index contributed by atoms with van der Waals surface area (Å²) < 4.78 is 9.91. The lowest BCUT2D eigenvalue weighted by Crippen LogP contribution is -2.51. The van der Waals surface area contributed by atoms with Gasteiger partial charge in [-0.05, 0) is 12.3 Å². The van der Waals surface area contributed by atoms with E-state index in [1.54, 1.807) is 33.0 Å². The molecule has 0 unspecified atom stereocenters. The first kappa shape index (κ1) is 18.7. The number of nitrogens with one attached hydrogen (secondary N) is 1. The maximum atomic E-state index is 12.1. The zero-order chi connectivity index (χ0) is 15.5. The minimum Gasteiger partial charge on any atom is -0.480 e. The van der Waals surface area contributed by atoms with Crippen molar-refractivity contribution in [3.8, 4) is 0 Å². The molecule has 0 aromatic rings. The summed E-state index contributed by atoms with van der Waals surface area (Å²) in [6, 6.07) is -1.28. The third-order valence-electron chi connectivity index (χ3n) is 2.84. The van der Waals surface area contributed by atoms with Crippen molar-refractivity contribution >= 4 is 12.0 Å². The molecular weight excluding hydrogens is 264 g/mol. The van der Waals surface area contributed by atoms with E-state index in [9.17, 15) is 9.59 Å². The largest absolute Gasteiger partial charge is 0.480 e. The molecule has 0 rings (SSSR count). The van der Waals surface area contributed by atoms with Crippen LogP contribution in [0.1, 0.15) is 20.3 Å². The molecule has 0 aliphatic heterocycles. The van der Waals surface area contributed by atoms with Crippen molar-refractivity contribution in [3.05, 3.63) is 0 Å². The van der Waals surface area contributed by atoms with Gasteiger partial charge in [-0.25, -0.2) is 9.59 Å². The maximum Gasteiger partial charge on any atom is 0.326 e. The second-order valence-corrected chi connectivity index (χ2v) is 4.84. The van der Waals surface area contributed by atoms with E-state index in [0.717, 1.165) is 0 Å². The highest BCUT2D eigenvalue weighted by atomic mass is 16.5. The topological polar surface area (TPSA) is 88.1 Å². The molecule has 7 heteroatoms. The molecule has 20 heavy (non-hydrogen) atoms. The van der Waals surface area contributed by atoms with Gasteiger partial charge in [0, 0.05) is 33.9 Å². The van der Waals surface area contributed by atoms with E-state index in [1.807, 2.05) is 0 Å². The van der Waals surface area contributed by atoms with Crippen molar-refractivity contribution in [2.24, 2.45) is 5.92 Å². The highest BCUT2D eigenvalue weighted by Gasteiger charge is 2.25. The predicted molar refractivity (Wildman–Crippen MR) is 74.7 cm³/mol. The molecule has 0 aliphatic rings. The van der Waals surface area contributed by atoms with E-state index in [-0.39, 0.29) is 11.9 Å². The number of rotatable bonds is 10. The third-order valence-corrected chi connectivity index (χ3v) is 2.84. The number of methoxy groups -OCH3 is 2. The summed E-state index contributed by atoms with van der Waals surface area (Å²) in [7, 11) is 3.15. The molecule has 7 nitrogen and oxygen atoms in total. The van der Waals surface area contributed by atoms with Crippen molar-refractivity contribution in [2.75, 3.05) is 40.5 Å². The van der Waals surface area contributed by atoms with Gasteiger partial charge in [0.15, 0.2) is 0 Å². The summed E-state index contributed by atoms with van der Waals surface area (Å²) in [5.41, 5.74) is 0. The fraction of sp³-hybridized carbons (Fsp3) is 0.846. The molecule has 0 saturated carbocycles. The molecular formula is C13H26N2O5. The van der Waals surface area contributed by atoms with Crippen LogP contribution in [0.5, 0.6) is 0 Å². The van der Waals surface area contributed by atoms with E-state index < -0.39 is 12.0 Å². The molecule has 0 bridgehead atoms. The van der Waals surface area contributed by atoms with Crippen LogP contribution in [0, 0.1) is 5.92 Å². The molecule has 2 amide bonds. The van der Waals surface area contributed by atoms with Crippen LogP contribution in [0.2, 0.25) is 0 Å². The van der Waals surface area contributed by atoms with Crippen molar-refractivity contribution in [3.63, 3.8) is 0 Å². The molecule has 0 heterocycles. The molecule has 0 fully saturated rings. The first-order chi connectivity index (χ1) is 9.43. The van der Waals surface area contributed by atoms with Crippen LogP contribution in [0.25, 0.3) is 0 Å². The minimum atomic E-state index is -1.03. The van der Waals surface area contributed by atoms with E-state index in [0.29, 0.717) is 32.7 Å². The number of carboxylic acid groups (broad SMARTS) is 1. The number of ether oxygens (including phenoxy) is 2. The Morgan fingerprint density at radius 3 is 2.20 bits per heavy atom. The van der Waals surface area contributed by atoms with Gasteiger partial charge in [0.2, 0.25) is 0 Å². The Bertz CT molecular complexity index is 296. The fourth-order valence-electron chi connectivity index (χ4n) is 1.65. The Hall–Kier alpha value is -1.34. The summed E-state index contributed by atoms with van der Waals surface area (Å²) in [6.45, 7) is 5.36. The number of hydrogen-bond acceptors (Lipinski definition) is 4. The summed E-state index contributed by atoms with van der Waals surface area (Å²) in [5, 5.41) is 11.6. The molecule has 2 N–H and O–H groups in total. The number of amides is 2. The van der Waals surface area contributed by atoms with E-state index in [1.165, 1.54) is 0 Å². The summed E-state index contributed by atoms with van der Waals surface area (Å²) in [5.74, 6) is -1.21. The van der Waals surface area contributed by atoms with Gasteiger partial charge in [-0.2, -0.15) is 0 Å². The van der Waals surface area contributed by atoms with Crippen LogP contribution < -0.4 is 5.32 Å². The molecule has 0 saturated heterocycles. The molecule has 1 atom stereocenters. The fourth-order valence-corrected chi connectivity index (χ4v) is 1.65. The SMILES string of the molecule is COCCCN(CCOC)C(=O)N[C@@H](C(=O)O)C(C)C. The van der Waals surface area contributed by atoms with Gasteiger partial charge < -0.3 is 24.8 Å². The van der Waals surface area contributed by atoms with Gasteiger partial charge in [0.1, 0.15) is 6.04 Å². The van der Waals surface area contributed by atoms with Crippen molar-refractivity contribution < 1.29 is 24.2 Å². The molecule has 0 aliphatic carbocycles. The average molecular weight is 290 g/mol. The maximum absolute atomic E-state index is 12.1. The number of carboxylic acids is 1. The molecule has 0 aromatic carbocycles. The summed E-state index contributed by atoms with van der Waals surface area (Å²) >= 11 is 0. The van der Waals surface area contributed by atoms with Gasteiger partial charge in [-0.15, -0.1) is 0 Å². The van der Waals surface area contributed by atoms with Crippen molar-refractivity contribution in [2.45, 2.75) is 26.3 Å². The Kier molecular flexibility index (Phi) is 9.75. The number of carbonyl (C=O) groups is 2. The zero-order valence-corrected chi connectivity index (χ0v) is 12.7. The Morgan fingerprint density at radius 1 is 1.15 bits per heavy atom. The second-order valence-electron chi connectivity index (χ2n) is 4.84. The van der Waals surface area contributed by atoms with Crippen LogP contribution in [-0.2, 0) is 14.3 Å². The number of hydrogen-bond donors (Lipinski definition) is 2. The molecule has 118 valence electrons. The number of nitrogens with zero attached hydrogens (tertiary/aromatic N) is 1. The van der Waals surface area contributed by atoms with Gasteiger partial charge >= 0.3 is 12.0 Å². The Morgan fingerprint density at radius 2 is 1.75 bits per heavy atom. The highest BCUT2D eigenvalue weighted by molar-refractivity contribution is 5.82. The standard InChI is InChI=1S/C13H26N2O5/c1-10(2)11(12(16)17)14-13(18)15(7-9-20-4)6-5-8-19-3/h10-11H,5-9H2,1-4H3,(H,14,18)(H,16,17)/t11-/m1/s1. The van der Waals surface area contributed by atoms with Gasteiger partial charge in [0.05, 0.1) is 6.61 Å². The molecule has 0 spiro atoms. The first-order valence-corrected chi connectivity index (χ1v) is 6.70. The zero-order valence-electron chi connectivity index (χ0n) is 12.7. The normalized spacial score (nSPS) is 12.2. The Labute approximate surface area is 120 Å². The second kappa shape index (κ2) is 10.4. The van der Waals surface area contributed by atoms with Crippen LogP contribution >= 0.6 is 0 Å². The van der Waals surface area contributed by atoms with Crippen LogP contribution in [0.4, 0.5) is 4.79 Å². The van der Waals surface area contributed by atoms with Gasteiger partial charge in [-0.1, -0.05) is 13.8 Å².